The molecule has 0 radical (unpaired) electrons. The summed E-state index contributed by atoms with van der Waals surface area (Å²) >= 11 is 0. The first kappa shape index (κ1) is 16.7. The molecule has 24 heavy (non-hydrogen) atoms. The van der Waals surface area contributed by atoms with Crippen LogP contribution in [0, 0.1) is 5.41 Å². The first-order chi connectivity index (χ1) is 11.2. The average Bonchev–Trinajstić information content (AvgIpc) is 3.08. The fraction of sp³-hybridized carbons (Fsp3) is 0.278. The van der Waals surface area contributed by atoms with Gasteiger partial charge in [0.15, 0.2) is 0 Å². The Morgan fingerprint density at radius 3 is 2.17 bits per heavy atom. The average molecular weight is 344 g/mol. The third-order valence-electron chi connectivity index (χ3n) is 4.72. The van der Waals surface area contributed by atoms with Crippen LogP contribution in [0.5, 0.6) is 0 Å². The minimum atomic E-state index is -3.69. The molecule has 5 nitrogen and oxygen atoms in total. The summed E-state index contributed by atoms with van der Waals surface area (Å²) < 4.78 is 22.7. The summed E-state index contributed by atoms with van der Waals surface area (Å²) in [5.74, 6) is 0.0389. The lowest BCUT2D eigenvalue weighted by Gasteiger charge is -2.06. The van der Waals surface area contributed by atoms with Crippen molar-refractivity contribution in [3.05, 3.63) is 65.7 Å². The molecule has 2 aromatic rings. The van der Waals surface area contributed by atoms with Crippen LogP contribution in [0.3, 0.4) is 0 Å². The van der Waals surface area contributed by atoms with E-state index in [-0.39, 0.29) is 28.2 Å². The van der Waals surface area contributed by atoms with Gasteiger partial charge < -0.3 is 5.32 Å². The van der Waals surface area contributed by atoms with Crippen LogP contribution in [-0.2, 0) is 10.0 Å². The molecule has 3 N–H and O–H groups in total. The van der Waals surface area contributed by atoms with E-state index in [1.165, 1.54) is 12.1 Å². The van der Waals surface area contributed by atoms with Crippen LogP contribution >= 0.6 is 0 Å². The Bertz CT molecular complexity index is 859. The molecule has 6 heteroatoms. The molecule has 0 spiro atoms. The third-order valence-corrected chi connectivity index (χ3v) is 5.65. The Kier molecular flexibility index (Phi) is 3.97. The van der Waals surface area contributed by atoms with Crippen molar-refractivity contribution < 1.29 is 13.2 Å². The zero-order chi connectivity index (χ0) is 17.5. The van der Waals surface area contributed by atoms with E-state index < -0.39 is 10.0 Å². The number of carbonyl (C=O) groups excluding carboxylic acids is 1. The smallest absolute Gasteiger partial charge is 0.251 e. The first-order valence-corrected chi connectivity index (χ1v) is 9.24. The number of nitrogens with two attached hydrogens (primary N) is 1. The molecule has 0 unspecified atom stereocenters. The Hall–Kier alpha value is -2.18. The second kappa shape index (κ2) is 5.72. The van der Waals surface area contributed by atoms with Gasteiger partial charge in [-0.15, -0.1) is 0 Å². The number of primary sulfonamides is 1. The molecular weight excluding hydrogens is 324 g/mol. The second-order valence-corrected chi connectivity index (χ2v) is 8.29. The van der Waals surface area contributed by atoms with Gasteiger partial charge in [-0.25, -0.2) is 13.6 Å². The molecule has 0 aromatic heterocycles. The van der Waals surface area contributed by atoms with E-state index in [1.807, 2.05) is 18.2 Å². The van der Waals surface area contributed by atoms with Crippen LogP contribution in [0.25, 0.3) is 0 Å². The molecule has 1 amide bonds. The van der Waals surface area contributed by atoms with Crippen LogP contribution < -0.4 is 10.5 Å². The van der Waals surface area contributed by atoms with E-state index in [0.29, 0.717) is 5.56 Å². The Labute approximate surface area is 141 Å². The number of carbonyl (C=O) groups is 1. The van der Waals surface area contributed by atoms with E-state index in [0.717, 1.165) is 5.56 Å². The number of benzene rings is 2. The highest BCUT2D eigenvalue weighted by Gasteiger charge is 2.59. The normalized spacial score (nSPS) is 22.0. The SMILES string of the molecule is CC1(C)[C@@H](NC(=O)c2ccccc2)[C@@H]1c1ccc(S(N)(=O)=O)cc1. The van der Waals surface area contributed by atoms with Crippen LogP contribution in [0.2, 0.25) is 0 Å². The standard InChI is InChI=1S/C18H20N2O3S/c1-18(2)15(12-8-10-14(11-9-12)24(19,22)23)16(18)20-17(21)13-6-4-3-5-7-13/h3-11,15-16H,1-2H3,(H,20,21)(H2,19,22,23)/t15-,16-/m0/s1. The Balaban J connectivity index is 1.77. The molecular formula is C18H20N2O3S. The summed E-state index contributed by atoms with van der Waals surface area (Å²) in [7, 11) is -3.69. The lowest BCUT2D eigenvalue weighted by atomic mass is 10.0. The molecule has 1 aliphatic carbocycles. The van der Waals surface area contributed by atoms with Gasteiger partial charge in [0, 0.05) is 17.5 Å². The van der Waals surface area contributed by atoms with Gasteiger partial charge in [0.25, 0.3) is 5.91 Å². The maximum absolute atomic E-state index is 12.3. The highest BCUT2D eigenvalue weighted by molar-refractivity contribution is 7.89. The van der Waals surface area contributed by atoms with Gasteiger partial charge >= 0.3 is 0 Å². The molecule has 1 aliphatic rings. The van der Waals surface area contributed by atoms with Gasteiger partial charge in [0.1, 0.15) is 0 Å². The highest BCUT2D eigenvalue weighted by atomic mass is 32.2. The van der Waals surface area contributed by atoms with Crippen molar-refractivity contribution >= 4 is 15.9 Å². The number of amides is 1. The lowest BCUT2D eigenvalue weighted by Crippen LogP contribution is -2.28. The number of nitrogens with one attached hydrogen (secondary N) is 1. The Morgan fingerprint density at radius 1 is 1.04 bits per heavy atom. The number of rotatable bonds is 4. The maximum Gasteiger partial charge on any atom is 0.251 e. The summed E-state index contributed by atoms with van der Waals surface area (Å²) in [5.41, 5.74) is 1.53. The summed E-state index contributed by atoms with van der Waals surface area (Å²) in [4.78, 5) is 12.4. The van der Waals surface area contributed by atoms with Crippen LogP contribution in [0.4, 0.5) is 0 Å². The van der Waals surface area contributed by atoms with Crippen molar-refractivity contribution in [1.29, 1.82) is 0 Å². The molecule has 0 bridgehead atoms. The summed E-state index contributed by atoms with van der Waals surface area (Å²) in [6, 6.07) is 15.6. The largest absolute Gasteiger partial charge is 0.348 e. The van der Waals surface area contributed by atoms with Gasteiger partial charge in [-0.1, -0.05) is 44.2 Å². The highest BCUT2D eigenvalue weighted by Crippen LogP contribution is 2.58. The van der Waals surface area contributed by atoms with Gasteiger partial charge in [-0.05, 0) is 35.2 Å². The Morgan fingerprint density at radius 2 is 1.62 bits per heavy atom. The molecule has 0 saturated heterocycles. The van der Waals surface area contributed by atoms with Crippen molar-refractivity contribution in [3.63, 3.8) is 0 Å². The molecule has 2 aromatic carbocycles. The van der Waals surface area contributed by atoms with Crippen molar-refractivity contribution in [2.75, 3.05) is 0 Å². The summed E-state index contributed by atoms with van der Waals surface area (Å²) in [6.07, 6.45) is 0. The molecule has 0 aliphatic heterocycles. The monoisotopic (exact) mass is 344 g/mol. The number of hydrogen-bond donors (Lipinski definition) is 2. The third kappa shape index (κ3) is 3.07. The quantitative estimate of drug-likeness (QED) is 0.891. The van der Waals surface area contributed by atoms with Gasteiger partial charge in [-0.3, -0.25) is 4.79 Å². The van der Waals surface area contributed by atoms with Crippen molar-refractivity contribution in [2.45, 2.75) is 30.7 Å². The van der Waals surface area contributed by atoms with E-state index in [2.05, 4.69) is 19.2 Å². The van der Waals surface area contributed by atoms with Crippen LogP contribution in [0.15, 0.2) is 59.5 Å². The van der Waals surface area contributed by atoms with Crippen molar-refractivity contribution in [3.8, 4) is 0 Å². The van der Waals surface area contributed by atoms with Gasteiger partial charge in [-0.2, -0.15) is 0 Å². The maximum atomic E-state index is 12.3. The predicted octanol–water partition coefficient (Wildman–Crippen LogP) is 2.26. The fourth-order valence-electron chi connectivity index (χ4n) is 3.21. The zero-order valence-electron chi connectivity index (χ0n) is 13.6. The topological polar surface area (TPSA) is 89.3 Å². The summed E-state index contributed by atoms with van der Waals surface area (Å²) in [5, 5.41) is 8.20. The minimum absolute atomic E-state index is 0.00513. The van der Waals surface area contributed by atoms with Crippen LogP contribution in [-0.4, -0.2) is 20.4 Å². The molecule has 2 atom stereocenters. The van der Waals surface area contributed by atoms with Crippen molar-refractivity contribution in [1.82, 2.24) is 5.32 Å². The zero-order valence-corrected chi connectivity index (χ0v) is 14.4. The molecule has 126 valence electrons. The van der Waals surface area contributed by atoms with Crippen LogP contribution in [0.1, 0.15) is 35.7 Å². The van der Waals surface area contributed by atoms with E-state index >= 15 is 0 Å². The minimum Gasteiger partial charge on any atom is -0.348 e. The first-order valence-electron chi connectivity index (χ1n) is 7.70. The predicted molar refractivity (Wildman–Crippen MR) is 92.0 cm³/mol. The van der Waals surface area contributed by atoms with Crippen molar-refractivity contribution in [2.24, 2.45) is 10.6 Å². The van der Waals surface area contributed by atoms with Gasteiger partial charge in [0.05, 0.1) is 4.90 Å². The molecule has 3 rings (SSSR count). The van der Waals surface area contributed by atoms with Gasteiger partial charge in [0.2, 0.25) is 10.0 Å². The number of hydrogen-bond acceptors (Lipinski definition) is 3. The molecule has 1 fully saturated rings. The van der Waals surface area contributed by atoms with E-state index in [4.69, 9.17) is 5.14 Å². The fourth-order valence-corrected chi connectivity index (χ4v) is 3.72. The second-order valence-electron chi connectivity index (χ2n) is 6.73. The summed E-state index contributed by atoms with van der Waals surface area (Å²) in [6.45, 7) is 4.17. The van der Waals surface area contributed by atoms with E-state index in [9.17, 15) is 13.2 Å². The molecule has 0 heterocycles. The lowest BCUT2D eigenvalue weighted by molar-refractivity contribution is 0.0946. The number of sulfonamides is 1. The van der Waals surface area contributed by atoms with E-state index in [1.54, 1.807) is 24.3 Å². The molecule has 1 saturated carbocycles.